The number of nitrogens with zero attached hydrogens (tertiary/aromatic N) is 1. The van der Waals surface area contributed by atoms with Crippen molar-refractivity contribution in [2.75, 3.05) is 36.5 Å². The molecule has 0 aromatic heterocycles. The predicted octanol–water partition coefficient (Wildman–Crippen LogP) is 3.18. The zero-order chi connectivity index (χ0) is 18.4. The maximum Gasteiger partial charge on any atom is 0.152 e. The van der Waals surface area contributed by atoms with Gasteiger partial charge in [-0.3, -0.25) is 4.79 Å². The molecular formula is C21H22FN3O2. The third-order valence-electron chi connectivity index (χ3n) is 5.90. The molecule has 3 aliphatic rings. The molecule has 5 rings (SSSR count). The number of nitrogens with one attached hydrogen (secondary N) is 2. The Morgan fingerprint density at radius 1 is 1.26 bits per heavy atom. The molecule has 3 heterocycles. The topological polar surface area (TPSA) is 53.6 Å². The number of benzene rings is 2. The highest BCUT2D eigenvalue weighted by atomic mass is 19.1. The molecule has 1 fully saturated rings. The van der Waals surface area contributed by atoms with Crippen LogP contribution in [-0.4, -0.2) is 38.6 Å². The van der Waals surface area contributed by atoms with Gasteiger partial charge in [0.25, 0.3) is 0 Å². The normalized spacial score (nSPS) is 23.4. The average molecular weight is 367 g/mol. The van der Waals surface area contributed by atoms with Crippen LogP contribution < -0.4 is 15.5 Å². The molecule has 6 heteroatoms. The van der Waals surface area contributed by atoms with E-state index in [0.29, 0.717) is 30.5 Å². The SMILES string of the molecule is O=Cc1ccc(Nc2cc3c4c(c2)[C@@H]2CNCC[C@@H]2N4CCOC3)cc1F. The Morgan fingerprint density at radius 2 is 2.19 bits per heavy atom. The van der Waals surface area contributed by atoms with E-state index in [2.05, 4.69) is 27.7 Å². The van der Waals surface area contributed by atoms with Gasteiger partial charge in [0.1, 0.15) is 5.82 Å². The van der Waals surface area contributed by atoms with Gasteiger partial charge in [0.2, 0.25) is 0 Å². The Labute approximate surface area is 157 Å². The summed E-state index contributed by atoms with van der Waals surface area (Å²) >= 11 is 0. The van der Waals surface area contributed by atoms with Crippen LogP contribution in [0.15, 0.2) is 30.3 Å². The number of halogens is 1. The number of hydrogen-bond donors (Lipinski definition) is 2. The average Bonchev–Trinajstić information content (AvgIpc) is 2.83. The van der Waals surface area contributed by atoms with Gasteiger partial charge in [0, 0.05) is 47.7 Å². The van der Waals surface area contributed by atoms with Gasteiger partial charge in [-0.1, -0.05) is 0 Å². The van der Waals surface area contributed by atoms with Crippen LogP contribution in [0.1, 0.15) is 33.8 Å². The molecule has 2 atom stereocenters. The van der Waals surface area contributed by atoms with Crippen molar-refractivity contribution in [1.82, 2.24) is 5.32 Å². The first kappa shape index (κ1) is 16.7. The molecule has 0 aliphatic carbocycles. The minimum atomic E-state index is -0.514. The lowest BCUT2D eigenvalue weighted by molar-refractivity contribution is 0.112. The molecule has 3 aliphatic heterocycles. The number of piperidine rings is 1. The maximum atomic E-state index is 13.9. The lowest BCUT2D eigenvalue weighted by atomic mass is 9.89. The summed E-state index contributed by atoms with van der Waals surface area (Å²) < 4.78 is 19.8. The molecule has 0 amide bonds. The monoisotopic (exact) mass is 367 g/mol. The Hall–Kier alpha value is -2.44. The molecule has 2 aromatic rings. The fraction of sp³-hybridized carbons (Fsp3) is 0.381. The van der Waals surface area contributed by atoms with Crippen LogP contribution in [0.5, 0.6) is 0 Å². The largest absolute Gasteiger partial charge is 0.375 e. The molecule has 2 aromatic carbocycles. The van der Waals surface area contributed by atoms with Crippen molar-refractivity contribution in [3.8, 4) is 0 Å². The quantitative estimate of drug-likeness (QED) is 0.816. The second-order valence-electron chi connectivity index (χ2n) is 7.46. The van der Waals surface area contributed by atoms with Crippen molar-refractivity contribution < 1.29 is 13.9 Å². The van der Waals surface area contributed by atoms with Gasteiger partial charge in [0.05, 0.1) is 18.8 Å². The standard InChI is InChI=1S/C21H22FN3O2/c22-19-9-15(2-1-13(19)11-26)24-16-7-14-12-27-6-5-25-20-3-4-23-10-18(20)17(8-16)21(14)25/h1-2,7-9,11,18,20,23-24H,3-6,10,12H2/t18-,20-/m0/s1. The molecule has 0 saturated carbocycles. The van der Waals surface area contributed by atoms with E-state index in [9.17, 15) is 9.18 Å². The zero-order valence-electron chi connectivity index (χ0n) is 15.0. The van der Waals surface area contributed by atoms with E-state index >= 15 is 0 Å². The number of hydrogen-bond acceptors (Lipinski definition) is 5. The zero-order valence-corrected chi connectivity index (χ0v) is 15.0. The van der Waals surface area contributed by atoms with E-state index in [1.54, 1.807) is 6.07 Å². The molecule has 0 radical (unpaired) electrons. The van der Waals surface area contributed by atoms with Crippen molar-refractivity contribution in [2.45, 2.75) is 25.0 Å². The molecule has 2 N–H and O–H groups in total. The molecule has 0 unspecified atom stereocenters. The molecule has 0 bridgehead atoms. The summed E-state index contributed by atoms with van der Waals surface area (Å²) in [4.78, 5) is 13.4. The van der Waals surface area contributed by atoms with Gasteiger partial charge < -0.3 is 20.3 Å². The van der Waals surface area contributed by atoms with Gasteiger partial charge in [-0.05, 0) is 48.9 Å². The smallest absolute Gasteiger partial charge is 0.152 e. The Balaban J connectivity index is 1.54. The fourth-order valence-electron chi connectivity index (χ4n) is 4.72. The van der Waals surface area contributed by atoms with E-state index < -0.39 is 5.82 Å². The first-order chi connectivity index (χ1) is 13.2. The van der Waals surface area contributed by atoms with Crippen molar-refractivity contribution in [3.63, 3.8) is 0 Å². The second kappa shape index (κ2) is 6.62. The summed E-state index contributed by atoms with van der Waals surface area (Å²) in [5, 5.41) is 6.83. The Morgan fingerprint density at radius 3 is 3.04 bits per heavy atom. The van der Waals surface area contributed by atoms with Gasteiger partial charge in [0.15, 0.2) is 6.29 Å². The van der Waals surface area contributed by atoms with Gasteiger partial charge in [-0.15, -0.1) is 0 Å². The first-order valence-electron chi connectivity index (χ1n) is 9.48. The summed E-state index contributed by atoms with van der Waals surface area (Å²) in [5.74, 6) is -0.0399. The van der Waals surface area contributed by atoms with Gasteiger partial charge >= 0.3 is 0 Å². The molecule has 27 heavy (non-hydrogen) atoms. The lowest BCUT2D eigenvalue weighted by Crippen LogP contribution is -2.44. The second-order valence-corrected chi connectivity index (χ2v) is 7.46. The fourth-order valence-corrected chi connectivity index (χ4v) is 4.72. The predicted molar refractivity (Wildman–Crippen MR) is 103 cm³/mol. The molecule has 140 valence electrons. The van der Waals surface area contributed by atoms with Gasteiger partial charge in [-0.2, -0.15) is 0 Å². The number of ether oxygens (including phenoxy) is 1. The van der Waals surface area contributed by atoms with Crippen LogP contribution in [0.4, 0.5) is 21.5 Å². The molecular weight excluding hydrogens is 345 g/mol. The van der Waals surface area contributed by atoms with Crippen molar-refractivity contribution >= 4 is 23.3 Å². The number of anilines is 3. The number of aldehydes is 1. The molecule has 1 saturated heterocycles. The van der Waals surface area contributed by atoms with E-state index in [-0.39, 0.29) is 5.56 Å². The highest BCUT2D eigenvalue weighted by Gasteiger charge is 2.41. The van der Waals surface area contributed by atoms with Crippen LogP contribution >= 0.6 is 0 Å². The van der Waals surface area contributed by atoms with E-state index in [1.165, 1.54) is 28.9 Å². The van der Waals surface area contributed by atoms with E-state index in [0.717, 1.165) is 38.3 Å². The van der Waals surface area contributed by atoms with E-state index in [4.69, 9.17) is 4.74 Å². The highest BCUT2D eigenvalue weighted by molar-refractivity contribution is 5.78. The van der Waals surface area contributed by atoms with Crippen molar-refractivity contribution in [3.05, 3.63) is 52.8 Å². The third kappa shape index (κ3) is 2.80. The highest BCUT2D eigenvalue weighted by Crippen LogP contribution is 2.47. The first-order valence-corrected chi connectivity index (χ1v) is 9.48. The van der Waals surface area contributed by atoms with Crippen LogP contribution in [0.2, 0.25) is 0 Å². The number of rotatable bonds is 3. The van der Waals surface area contributed by atoms with Crippen LogP contribution in [-0.2, 0) is 11.3 Å². The van der Waals surface area contributed by atoms with Crippen LogP contribution in [0.3, 0.4) is 0 Å². The molecule has 0 spiro atoms. The maximum absolute atomic E-state index is 13.9. The minimum Gasteiger partial charge on any atom is -0.375 e. The lowest BCUT2D eigenvalue weighted by Gasteiger charge is -2.33. The Bertz CT molecular complexity index is 901. The summed E-state index contributed by atoms with van der Waals surface area (Å²) in [6.45, 7) is 4.31. The summed E-state index contributed by atoms with van der Waals surface area (Å²) in [5.41, 5.74) is 5.50. The van der Waals surface area contributed by atoms with Crippen molar-refractivity contribution in [1.29, 1.82) is 0 Å². The number of carbonyl (C=O) groups excluding carboxylic acids is 1. The van der Waals surface area contributed by atoms with Crippen molar-refractivity contribution in [2.24, 2.45) is 0 Å². The summed E-state index contributed by atoms with van der Waals surface area (Å²) in [6, 6.07) is 9.42. The summed E-state index contributed by atoms with van der Waals surface area (Å²) in [6.07, 6.45) is 1.67. The minimum absolute atomic E-state index is 0.0706. The van der Waals surface area contributed by atoms with E-state index in [1.807, 2.05) is 0 Å². The third-order valence-corrected chi connectivity index (χ3v) is 5.90. The van der Waals surface area contributed by atoms with Gasteiger partial charge in [-0.25, -0.2) is 4.39 Å². The summed E-state index contributed by atoms with van der Waals surface area (Å²) in [7, 11) is 0. The van der Waals surface area contributed by atoms with Crippen LogP contribution in [0.25, 0.3) is 0 Å². The Kier molecular flexibility index (Phi) is 4.10. The number of carbonyl (C=O) groups is 1. The van der Waals surface area contributed by atoms with Crippen LogP contribution in [0, 0.1) is 5.82 Å². The number of fused-ring (bicyclic) bond motifs is 3. The molecule has 5 nitrogen and oxygen atoms in total.